The third kappa shape index (κ3) is 4.56. The molecule has 3 aromatic rings. The number of alkyl halides is 4. The van der Waals surface area contributed by atoms with E-state index in [9.17, 15) is 22.7 Å². The van der Waals surface area contributed by atoms with Gasteiger partial charge >= 0.3 is 6.18 Å². The van der Waals surface area contributed by atoms with Gasteiger partial charge in [-0.25, -0.2) is 19.3 Å². The summed E-state index contributed by atoms with van der Waals surface area (Å²) in [6.07, 6.45) is -2.39. The van der Waals surface area contributed by atoms with Crippen molar-refractivity contribution in [2.45, 2.75) is 57.6 Å². The molecule has 1 aliphatic rings. The predicted octanol–water partition coefficient (Wildman–Crippen LogP) is 3.95. The van der Waals surface area contributed by atoms with Crippen molar-refractivity contribution in [2.24, 2.45) is 0 Å². The van der Waals surface area contributed by atoms with E-state index >= 15 is 0 Å². The molecule has 12 heteroatoms. The Morgan fingerprint density at radius 3 is 2.70 bits per heavy atom. The summed E-state index contributed by atoms with van der Waals surface area (Å²) in [5.74, 6) is 1.24. The molecule has 1 aliphatic heterocycles. The monoisotopic (exact) mass is 467 g/mol. The van der Waals surface area contributed by atoms with E-state index in [0.29, 0.717) is 35.6 Å². The Labute approximate surface area is 187 Å². The molecule has 0 aromatic carbocycles. The van der Waals surface area contributed by atoms with Gasteiger partial charge in [-0.15, -0.1) is 0 Å². The molecule has 3 aromatic heterocycles. The highest BCUT2D eigenvalue weighted by atomic mass is 19.4. The second-order valence-corrected chi connectivity index (χ2v) is 8.42. The summed E-state index contributed by atoms with van der Waals surface area (Å²) in [4.78, 5) is 18.7. The molecule has 33 heavy (non-hydrogen) atoms. The van der Waals surface area contributed by atoms with Crippen molar-refractivity contribution < 1.29 is 22.7 Å². The van der Waals surface area contributed by atoms with Crippen LogP contribution in [-0.4, -0.2) is 60.6 Å². The van der Waals surface area contributed by atoms with Gasteiger partial charge < -0.3 is 19.9 Å². The van der Waals surface area contributed by atoms with E-state index in [1.807, 2.05) is 0 Å². The number of halogens is 4. The van der Waals surface area contributed by atoms with Gasteiger partial charge in [0.2, 0.25) is 5.95 Å². The highest BCUT2D eigenvalue weighted by Gasteiger charge is 2.40. The van der Waals surface area contributed by atoms with Crippen molar-refractivity contribution in [1.29, 1.82) is 0 Å². The van der Waals surface area contributed by atoms with Gasteiger partial charge in [0.25, 0.3) is 0 Å². The van der Waals surface area contributed by atoms with Crippen molar-refractivity contribution in [3.05, 3.63) is 30.4 Å². The predicted molar refractivity (Wildman–Crippen MR) is 115 cm³/mol. The maximum Gasteiger partial charge on any atom is 0.408 e. The number of piperidine rings is 1. The molecule has 1 fully saturated rings. The van der Waals surface area contributed by atoms with Gasteiger partial charge in [0.05, 0.1) is 23.9 Å². The van der Waals surface area contributed by atoms with Crippen LogP contribution in [0.15, 0.2) is 24.5 Å². The molecule has 0 spiro atoms. The number of anilines is 3. The number of rotatable bonds is 5. The van der Waals surface area contributed by atoms with Crippen LogP contribution in [-0.2, 0) is 6.42 Å². The van der Waals surface area contributed by atoms with E-state index in [1.54, 1.807) is 17.9 Å². The first kappa shape index (κ1) is 23.1. The molecule has 1 unspecified atom stereocenters. The second-order valence-electron chi connectivity index (χ2n) is 8.42. The summed E-state index contributed by atoms with van der Waals surface area (Å²) >= 11 is 0. The van der Waals surface area contributed by atoms with Gasteiger partial charge in [0.1, 0.15) is 35.2 Å². The van der Waals surface area contributed by atoms with Gasteiger partial charge in [-0.2, -0.15) is 18.2 Å². The first-order valence-corrected chi connectivity index (χ1v) is 10.6. The molecule has 178 valence electrons. The smallest absolute Gasteiger partial charge is 0.387 e. The molecule has 1 saturated heterocycles. The maximum absolute atomic E-state index is 14.2. The minimum Gasteiger partial charge on any atom is -0.387 e. The van der Waals surface area contributed by atoms with E-state index in [1.165, 1.54) is 30.0 Å². The highest BCUT2D eigenvalue weighted by molar-refractivity contribution is 5.79. The zero-order chi connectivity index (χ0) is 24.0. The summed E-state index contributed by atoms with van der Waals surface area (Å²) in [6, 6.07) is 1.33. The van der Waals surface area contributed by atoms with Crippen LogP contribution < -0.4 is 10.2 Å². The molecule has 8 nitrogen and oxygen atoms in total. The summed E-state index contributed by atoms with van der Waals surface area (Å²) in [6.45, 7) is 4.64. The lowest BCUT2D eigenvalue weighted by Gasteiger charge is -2.38. The molecular weight excluding hydrogens is 442 g/mol. The normalized spacial score (nSPS) is 22.5. The quantitative estimate of drug-likeness (QED) is 0.549. The second kappa shape index (κ2) is 8.40. The number of hydrogen-bond acceptors (Lipinski definition) is 7. The van der Waals surface area contributed by atoms with Gasteiger partial charge in [0, 0.05) is 25.2 Å². The summed E-state index contributed by atoms with van der Waals surface area (Å²) in [5.41, 5.74) is -0.715. The van der Waals surface area contributed by atoms with Crippen LogP contribution in [0.5, 0.6) is 0 Å². The van der Waals surface area contributed by atoms with E-state index in [-0.39, 0.29) is 24.7 Å². The molecule has 3 atom stereocenters. The zero-order valence-corrected chi connectivity index (χ0v) is 18.4. The molecule has 0 saturated carbocycles. The number of pyridine rings is 1. The SMILES string of the molecule is CCc1nc2cnc(Nc3ccnc(N4CC[C@](C)(O)[C@H](F)C4)n3)cc2n1C(C)C(F)(F)F. The van der Waals surface area contributed by atoms with Crippen LogP contribution in [0.3, 0.4) is 0 Å². The van der Waals surface area contributed by atoms with Crippen molar-refractivity contribution in [2.75, 3.05) is 23.3 Å². The number of nitrogens with zero attached hydrogens (tertiary/aromatic N) is 6. The van der Waals surface area contributed by atoms with Gasteiger partial charge in [-0.05, 0) is 26.3 Å². The molecular formula is C21H25F4N7O. The number of aromatic nitrogens is 5. The number of imidazole rings is 1. The third-order valence-electron chi connectivity index (χ3n) is 5.95. The lowest BCUT2D eigenvalue weighted by Crippen LogP contribution is -2.52. The number of hydrogen-bond donors (Lipinski definition) is 2. The Morgan fingerprint density at radius 2 is 2.03 bits per heavy atom. The number of aryl methyl sites for hydroxylation is 1. The molecule has 0 aliphatic carbocycles. The van der Waals surface area contributed by atoms with Gasteiger partial charge in [-0.3, -0.25) is 0 Å². The number of aliphatic hydroxyl groups is 1. The standard InChI is InChI=1S/C21H25F4N7O/c1-4-18-28-13-10-27-17(9-14(13)32(18)12(2)21(23,24)25)29-16-5-7-26-19(30-16)31-8-6-20(3,33)15(22)11-31/h5,7,9-10,12,15,33H,4,6,8,11H2,1-3H3,(H,26,27,29,30)/t12?,15-,20+/m1/s1. The van der Waals surface area contributed by atoms with Crippen molar-refractivity contribution in [1.82, 2.24) is 24.5 Å². The molecule has 2 N–H and O–H groups in total. The lowest BCUT2D eigenvalue weighted by atomic mass is 9.92. The molecule has 4 heterocycles. The van der Waals surface area contributed by atoms with Crippen LogP contribution in [0.4, 0.5) is 35.1 Å². The topological polar surface area (TPSA) is 92.0 Å². The van der Waals surface area contributed by atoms with Gasteiger partial charge in [-0.1, -0.05) is 6.92 Å². The summed E-state index contributed by atoms with van der Waals surface area (Å²) in [5, 5.41) is 13.0. The zero-order valence-electron chi connectivity index (χ0n) is 18.4. The van der Waals surface area contributed by atoms with E-state index in [4.69, 9.17) is 0 Å². The Morgan fingerprint density at radius 1 is 1.27 bits per heavy atom. The van der Waals surface area contributed by atoms with Crippen LogP contribution in [0, 0.1) is 0 Å². The minimum atomic E-state index is -4.43. The highest BCUT2D eigenvalue weighted by Crippen LogP contribution is 2.34. The average Bonchev–Trinajstić information content (AvgIpc) is 3.12. The van der Waals surface area contributed by atoms with Crippen molar-refractivity contribution >= 4 is 28.6 Å². The Hall–Kier alpha value is -3.02. The molecule has 4 rings (SSSR count). The maximum atomic E-state index is 14.2. The fraction of sp³-hybridized carbons (Fsp3) is 0.524. The molecule has 0 amide bonds. The van der Waals surface area contributed by atoms with Crippen molar-refractivity contribution in [3.63, 3.8) is 0 Å². The van der Waals surface area contributed by atoms with E-state index in [2.05, 4.69) is 25.3 Å². The Balaban J connectivity index is 1.62. The first-order chi connectivity index (χ1) is 15.5. The summed E-state index contributed by atoms with van der Waals surface area (Å²) < 4.78 is 55.8. The van der Waals surface area contributed by atoms with Crippen LogP contribution in [0.25, 0.3) is 11.0 Å². The van der Waals surface area contributed by atoms with Crippen LogP contribution >= 0.6 is 0 Å². The number of nitrogens with one attached hydrogen (secondary N) is 1. The molecule has 0 radical (unpaired) electrons. The first-order valence-electron chi connectivity index (χ1n) is 10.6. The Kier molecular flexibility index (Phi) is 5.89. The van der Waals surface area contributed by atoms with E-state index in [0.717, 1.165) is 6.92 Å². The average molecular weight is 467 g/mol. The van der Waals surface area contributed by atoms with Crippen molar-refractivity contribution in [3.8, 4) is 0 Å². The van der Waals surface area contributed by atoms with Crippen LogP contribution in [0.2, 0.25) is 0 Å². The fourth-order valence-electron chi connectivity index (χ4n) is 3.83. The third-order valence-corrected chi connectivity index (χ3v) is 5.95. The van der Waals surface area contributed by atoms with E-state index < -0.39 is 24.0 Å². The Bertz CT molecular complexity index is 1150. The fourth-order valence-corrected chi connectivity index (χ4v) is 3.83. The van der Waals surface area contributed by atoms with Gasteiger partial charge in [0.15, 0.2) is 0 Å². The lowest BCUT2D eigenvalue weighted by molar-refractivity contribution is -0.162. The molecule has 0 bridgehead atoms. The minimum absolute atomic E-state index is 0.0467. The number of fused-ring (bicyclic) bond motifs is 1. The van der Waals surface area contributed by atoms with Crippen LogP contribution in [0.1, 0.15) is 39.1 Å². The largest absolute Gasteiger partial charge is 0.408 e. The summed E-state index contributed by atoms with van der Waals surface area (Å²) in [7, 11) is 0.